The summed E-state index contributed by atoms with van der Waals surface area (Å²) in [5.74, 6) is 0.785. The third kappa shape index (κ3) is 4.59. The number of hydrogen-bond acceptors (Lipinski definition) is 4. The fourth-order valence-corrected chi connectivity index (χ4v) is 2.85. The Labute approximate surface area is 129 Å². The maximum absolute atomic E-state index is 12.1. The van der Waals surface area contributed by atoms with Crippen molar-refractivity contribution in [3.63, 3.8) is 0 Å². The molecule has 116 valence electrons. The van der Waals surface area contributed by atoms with E-state index in [1.54, 1.807) is 25.3 Å². The Kier molecular flexibility index (Phi) is 5.85. The summed E-state index contributed by atoms with van der Waals surface area (Å²) in [4.78, 5) is 14.1. The molecule has 2 rings (SSSR count). The molecule has 0 radical (unpaired) electrons. The highest BCUT2D eigenvalue weighted by Crippen LogP contribution is 2.27. The number of carbonyl (C=O) groups excluding carboxylic acids is 1. The molecule has 1 atom stereocenters. The van der Waals surface area contributed by atoms with Crippen LogP contribution in [0, 0.1) is 5.92 Å². The number of rotatable bonds is 5. The number of ether oxygens (including phenoxy) is 1. The molecule has 0 spiro atoms. The predicted octanol–water partition coefficient (Wildman–Crippen LogP) is 1.99. The largest absolute Gasteiger partial charge is 0.495 e. The fraction of sp³-hybridized carbons (Fsp3) is 0.533. The summed E-state index contributed by atoms with van der Waals surface area (Å²) in [7, 11) is 1.55. The van der Waals surface area contributed by atoms with Crippen LogP contribution in [0.5, 0.6) is 5.75 Å². The van der Waals surface area contributed by atoms with E-state index in [0.717, 1.165) is 25.9 Å². The number of halogens is 1. The van der Waals surface area contributed by atoms with E-state index in [1.807, 2.05) is 0 Å². The number of nitrogens with one attached hydrogen (secondary N) is 1. The number of hydrogen-bond donors (Lipinski definition) is 2. The predicted molar refractivity (Wildman–Crippen MR) is 82.9 cm³/mol. The van der Waals surface area contributed by atoms with E-state index in [2.05, 4.69) is 10.2 Å². The maximum Gasteiger partial charge on any atom is 0.238 e. The summed E-state index contributed by atoms with van der Waals surface area (Å²) in [6, 6.07) is 5.15. The van der Waals surface area contributed by atoms with Crippen LogP contribution in [0.25, 0.3) is 0 Å². The van der Waals surface area contributed by atoms with Gasteiger partial charge in [-0.3, -0.25) is 9.69 Å². The van der Waals surface area contributed by atoms with Gasteiger partial charge in [-0.15, -0.1) is 0 Å². The minimum absolute atomic E-state index is 0.0742. The van der Waals surface area contributed by atoms with Crippen LogP contribution in [-0.4, -0.2) is 49.3 Å². The zero-order chi connectivity index (χ0) is 15.2. The van der Waals surface area contributed by atoms with Crippen LogP contribution in [0.4, 0.5) is 5.69 Å². The standard InChI is InChI=1S/C15H21ClN2O3/c1-21-14-5-4-12(7-13(14)16)17-15(20)9-18-6-2-3-11(8-18)10-19/h4-5,7,11,19H,2-3,6,8-10H2,1H3,(H,17,20). The van der Waals surface area contributed by atoms with Gasteiger partial charge in [0.1, 0.15) is 5.75 Å². The maximum atomic E-state index is 12.1. The third-order valence-corrected chi connectivity index (χ3v) is 3.96. The van der Waals surface area contributed by atoms with Gasteiger partial charge in [0, 0.05) is 18.8 Å². The number of piperidine rings is 1. The molecule has 0 bridgehead atoms. The van der Waals surface area contributed by atoms with Crippen molar-refractivity contribution in [2.24, 2.45) is 5.92 Å². The molecule has 1 aromatic rings. The number of carbonyl (C=O) groups is 1. The highest BCUT2D eigenvalue weighted by atomic mass is 35.5. The lowest BCUT2D eigenvalue weighted by molar-refractivity contribution is -0.117. The first kappa shape index (κ1) is 16.1. The van der Waals surface area contributed by atoms with E-state index < -0.39 is 0 Å². The molecule has 1 unspecified atom stereocenters. The van der Waals surface area contributed by atoms with E-state index >= 15 is 0 Å². The van der Waals surface area contributed by atoms with Gasteiger partial charge in [0.05, 0.1) is 18.7 Å². The molecule has 21 heavy (non-hydrogen) atoms. The van der Waals surface area contributed by atoms with Crippen LogP contribution in [0.1, 0.15) is 12.8 Å². The second-order valence-corrected chi connectivity index (χ2v) is 5.73. The SMILES string of the molecule is COc1ccc(NC(=O)CN2CCCC(CO)C2)cc1Cl. The van der Waals surface area contributed by atoms with Crippen LogP contribution in [0.3, 0.4) is 0 Å². The lowest BCUT2D eigenvalue weighted by atomic mass is 9.99. The van der Waals surface area contributed by atoms with Gasteiger partial charge in [0.25, 0.3) is 0 Å². The van der Waals surface area contributed by atoms with Crippen LogP contribution < -0.4 is 10.1 Å². The molecule has 0 saturated carbocycles. The Morgan fingerprint density at radius 1 is 1.57 bits per heavy atom. The minimum atomic E-state index is -0.0742. The molecule has 1 amide bonds. The first-order valence-corrected chi connectivity index (χ1v) is 7.46. The number of aliphatic hydroxyl groups is 1. The molecule has 0 aromatic heterocycles. The van der Waals surface area contributed by atoms with Crippen molar-refractivity contribution in [1.29, 1.82) is 0 Å². The Bertz CT molecular complexity index is 496. The topological polar surface area (TPSA) is 61.8 Å². The summed E-state index contributed by atoms with van der Waals surface area (Å²) in [5.41, 5.74) is 0.654. The Morgan fingerprint density at radius 2 is 2.38 bits per heavy atom. The quantitative estimate of drug-likeness (QED) is 0.873. The highest BCUT2D eigenvalue weighted by Gasteiger charge is 2.21. The number of likely N-dealkylation sites (tertiary alicyclic amines) is 1. The van der Waals surface area contributed by atoms with Crippen molar-refractivity contribution in [2.75, 3.05) is 38.7 Å². The van der Waals surface area contributed by atoms with Gasteiger partial charge in [-0.05, 0) is 43.5 Å². The minimum Gasteiger partial charge on any atom is -0.495 e. The lowest BCUT2D eigenvalue weighted by Gasteiger charge is -2.31. The van der Waals surface area contributed by atoms with E-state index in [0.29, 0.717) is 23.0 Å². The summed E-state index contributed by atoms with van der Waals surface area (Å²) in [6.45, 7) is 2.19. The number of nitrogens with zero attached hydrogens (tertiary/aromatic N) is 1. The number of benzene rings is 1. The smallest absolute Gasteiger partial charge is 0.238 e. The first-order chi connectivity index (χ1) is 10.1. The molecular formula is C15H21ClN2O3. The Balaban J connectivity index is 1.88. The lowest BCUT2D eigenvalue weighted by Crippen LogP contribution is -2.41. The van der Waals surface area contributed by atoms with Gasteiger partial charge in [0.15, 0.2) is 0 Å². The van der Waals surface area contributed by atoms with Gasteiger partial charge >= 0.3 is 0 Å². The highest BCUT2D eigenvalue weighted by molar-refractivity contribution is 6.32. The van der Waals surface area contributed by atoms with Gasteiger partial charge in [0.2, 0.25) is 5.91 Å². The summed E-state index contributed by atoms with van der Waals surface area (Å²) in [5, 5.41) is 12.5. The van der Waals surface area contributed by atoms with Crippen LogP contribution in [0.2, 0.25) is 5.02 Å². The molecular weight excluding hydrogens is 292 g/mol. The zero-order valence-electron chi connectivity index (χ0n) is 12.1. The van der Waals surface area contributed by atoms with Crippen LogP contribution in [-0.2, 0) is 4.79 Å². The van der Waals surface area contributed by atoms with Crippen LogP contribution in [0.15, 0.2) is 18.2 Å². The Morgan fingerprint density at radius 3 is 3.05 bits per heavy atom. The summed E-state index contributed by atoms with van der Waals surface area (Å²) < 4.78 is 5.07. The molecule has 1 aliphatic heterocycles. The van der Waals surface area contributed by atoms with Crippen molar-refractivity contribution in [2.45, 2.75) is 12.8 Å². The van der Waals surface area contributed by atoms with Crippen molar-refractivity contribution in [3.05, 3.63) is 23.2 Å². The molecule has 1 fully saturated rings. The molecule has 2 N–H and O–H groups in total. The number of aliphatic hydroxyl groups excluding tert-OH is 1. The van der Waals surface area contributed by atoms with Crippen molar-refractivity contribution < 1.29 is 14.6 Å². The molecule has 1 aromatic carbocycles. The monoisotopic (exact) mass is 312 g/mol. The Hall–Kier alpha value is -1.30. The van der Waals surface area contributed by atoms with Crippen molar-refractivity contribution in [3.8, 4) is 5.75 Å². The van der Waals surface area contributed by atoms with Gasteiger partial charge in [-0.2, -0.15) is 0 Å². The van der Waals surface area contributed by atoms with E-state index in [4.69, 9.17) is 16.3 Å². The summed E-state index contributed by atoms with van der Waals surface area (Å²) >= 11 is 6.03. The molecule has 1 saturated heterocycles. The van der Waals surface area contributed by atoms with Gasteiger partial charge in [-0.25, -0.2) is 0 Å². The van der Waals surface area contributed by atoms with Gasteiger partial charge in [-0.1, -0.05) is 11.6 Å². The number of amides is 1. The van der Waals surface area contributed by atoms with Crippen molar-refractivity contribution >= 4 is 23.2 Å². The number of anilines is 1. The molecule has 6 heteroatoms. The zero-order valence-corrected chi connectivity index (χ0v) is 12.9. The third-order valence-electron chi connectivity index (χ3n) is 3.66. The van der Waals surface area contributed by atoms with E-state index in [-0.39, 0.29) is 18.4 Å². The molecule has 5 nitrogen and oxygen atoms in total. The fourth-order valence-electron chi connectivity index (χ4n) is 2.59. The van der Waals surface area contributed by atoms with E-state index in [1.165, 1.54) is 0 Å². The second-order valence-electron chi connectivity index (χ2n) is 5.32. The molecule has 0 aliphatic carbocycles. The van der Waals surface area contributed by atoms with Crippen LogP contribution >= 0.6 is 11.6 Å². The number of methoxy groups -OCH3 is 1. The van der Waals surface area contributed by atoms with Crippen molar-refractivity contribution in [1.82, 2.24) is 4.90 Å². The molecule has 1 aliphatic rings. The van der Waals surface area contributed by atoms with Gasteiger partial charge < -0.3 is 15.2 Å². The average molecular weight is 313 g/mol. The summed E-state index contributed by atoms with van der Waals surface area (Å²) in [6.07, 6.45) is 2.05. The average Bonchev–Trinajstić information content (AvgIpc) is 2.47. The van der Waals surface area contributed by atoms with E-state index in [9.17, 15) is 9.90 Å². The second kappa shape index (κ2) is 7.64. The first-order valence-electron chi connectivity index (χ1n) is 7.09. The normalized spacial score (nSPS) is 19.3. The molecule has 1 heterocycles.